The molecule has 0 aromatic rings. The summed E-state index contributed by atoms with van der Waals surface area (Å²) in [5.74, 6) is -0.280. The molecule has 1 rings (SSSR count). The van der Waals surface area contributed by atoms with Crippen LogP contribution in [0, 0.1) is 11.8 Å². The maximum Gasteiger partial charge on any atom is 0.303 e. The molecule has 1 fully saturated rings. The van der Waals surface area contributed by atoms with Crippen LogP contribution in [0.15, 0.2) is 0 Å². The van der Waals surface area contributed by atoms with Gasteiger partial charge in [0.1, 0.15) is 0 Å². The van der Waals surface area contributed by atoms with Crippen LogP contribution in [-0.2, 0) is 9.59 Å². The number of aliphatic hydroxyl groups is 2. The topological polar surface area (TPSA) is 115 Å². The molecule has 0 bridgehead atoms. The molecule has 1 aliphatic rings. The van der Waals surface area contributed by atoms with E-state index in [1.54, 1.807) is 0 Å². The number of aliphatic carboxylic acids is 2. The molecule has 0 aliphatic heterocycles. The Labute approximate surface area is 260 Å². The fourth-order valence-electron chi connectivity index (χ4n) is 5.48. The van der Waals surface area contributed by atoms with Crippen LogP contribution in [0.2, 0.25) is 0 Å². The number of hydrogen-bond acceptors (Lipinski definition) is 4. The van der Waals surface area contributed by atoms with Gasteiger partial charge in [0.15, 0.2) is 0 Å². The van der Waals surface area contributed by atoms with Crippen LogP contribution in [0.4, 0.5) is 0 Å². The molecule has 0 atom stereocenters. The summed E-state index contributed by atoms with van der Waals surface area (Å²) in [4.78, 5) is 20.5. The molecular weight excluding hydrogens is 528 g/mol. The van der Waals surface area contributed by atoms with Crippen molar-refractivity contribution >= 4 is 11.9 Å². The van der Waals surface area contributed by atoms with Crippen LogP contribution in [0.3, 0.4) is 0 Å². The highest BCUT2D eigenvalue weighted by molar-refractivity contribution is 5.66. The molecule has 0 heterocycles. The van der Waals surface area contributed by atoms with E-state index in [1.165, 1.54) is 116 Å². The Bertz CT molecular complexity index is 497. The minimum Gasteiger partial charge on any atom is -0.481 e. The van der Waals surface area contributed by atoms with Crippen LogP contribution >= 0.6 is 0 Å². The minimum absolute atomic E-state index is 0.331. The number of carboxylic acid groups (broad SMARTS) is 2. The first-order chi connectivity index (χ1) is 20.4. The van der Waals surface area contributed by atoms with Crippen molar-refractivity contribution in [1.29, 1.82) is 0 Å². The van der Waals surface area contributed by atoms with Gasteiger partial charge in [-0.05, 0) is 50.4 Å². The molecule has 0 unspecified atom stereocenters. The fourth-order valence-corrected chi connectivity index (χ4v) is 5.48. The Morgan fingerprint density at radius 2 is 0.643 bits per heavy atom. The van der Waals surface area contributed by atoms with Crippen LogP contribution < -0.4 is 0 Å². The average Bonchev–Trinajstić information content (AvgIpc) is 2.99. The van der Waals surface area contributed by atoms with Gasteiger partial charge in [0.2, 0.25) is 0 Å². The lowest BCUT2D eigenvalue weighted by Crippen LogP contribution is -2.19. The predicted octanol–water partition coefficient (Wildman–Crippen LogP) is 10.3. The van der Waals surface area contributed by atoms with Crippen molar-refractivity contribution in [3.05, 3.63) is 0 Å². The molecule has 0 saturated heterocycles. The first-order valence-electron chi connectivity index (χ1n) is 18.1. The third kappa shape index (κ3) is 36.9. The highest BCUT2D eigenvalue weighted by Crippen LogP contribution is 2.27. The van der Waals surface area contributed by atoms with Gasteiger partial charge in [-0.3, -0.25) is 9.59 Å². The molecule has 0 spiro atoms. The van der Waals surface area contributed by atoms with Crippen LogP contribution in [0.25, 0.3) is 0 Å². The molecule has 6 nitrogen and oxygen atoms in total. The molecule has 1 saturated carbocycles. The summed E-state index contributed by atoms with van der Waals surface area (Å²) < 4.78 is 0. The van der Waals surface area contributed by atoms with Crippen molar-refractivity contribution < 1.29 is 30.0 Å². The summed E-state index contributed by atoms with van der Waals surface area (Å²) in [6.45, 7) is 5.16. The van der Waals surface area contributed by atoms with Gasteiger partial charge in [0.25, 0.3) is 0 Å². The summed E-state index contributed by atoms with van der Waals surface area (Å²) in [7, 11) is 0. The lowest BCUT2D eigenvalue weighted by atomic mass is 9.83. The first kappa shape index (κ1) is 43.0. The van der Waals surface area contributed by atoms with Crippen molar-refractivity contribution in [1.82, 2.24) is 0 Å². The van der Waals surface area contributed by atoms with E-state index in [0.29, 0.717) is 37.9 Å². The largest absolute Gasteiger partial charge is 0.481 e. The molecule has 0 aromatic heterocycles. The maximum atomic E-state index is 10.3. The minimum atomic E-state index is -0.657. The monoisotopic (exact) mass is 601 g/mol. The van der Waals surface area contributed by atoms with Crippen molar-refractivity contribution in [2.45, 2.75) is 194 Å². The van der Waals surface area contributed by atoms with E-state index in [1.807, 2.05) is 0 Å². The van der Waals surface area contributed by atoms with Gasteiger partial charge in [-0.1, -0.05) is 142 Å². The number of aliphatic hydroxyl groups excluding tert-OH is 2. The van der Waals surface area contributed by atoms with Crippen LogP contribution in [-0.4, -0.2) is 45.6 Å². The summed E-state index contributed by atoms with van der Waals surface area (Å²) >= 11 is 0. The molecule has 6 heteroatoms. The van der Waals surface area contributed by atoms with Crippen LogP contribution in [0.5, 0.6) is 0 Å². The van der Waals surface area contributed by atoms with Gasteiger partial charge in [-0.2, -0.15) is 0 Å². The van der Waals surface area contributed by atoms with Gasteiger partial charge < -0.3 is 20.4 Å². The lowest BCUT2D eigenvalue weighted by molar-refractivity contribution is -0.138. The van der Waals surface area contributed by atoms with Gasteiger partial charge in [0.05, 0.1) is 0 Å². The van der Waals surface area contributed by atoms with Gasteiger partial charge >= 0.3 is 11.9 Å². The second-order valence-corrected chi connectivity index (χ2v) is 12.6. The summed E-state index contributed by atoms with van der Waals surface area (Å²) in [6, 6.07) is 0. The molecule has 0 radical (unpaired) electrons. The zero-order valence-electron chi connectivity index (χ0n) is 28.0. The van der Waals surface area contributed by atoms with Crippen molar-refractivity contribution in [2.75, 3.05) is 13.2 Å². The summed E-state index contributed by atoms with van der Waals surface area (Å²) in [6.07, 6.45) is 33.1. The van der Waals surface area contributed by atoms with Crippen molar-refractivity contribution in [3.8, 4) is 0 Å². The van der Waals surface area contributed by atoms with Crippen molar-refractivity contribution in [3.63, 3.8) is 0 Å². The van der Waals surface area contributed by atoms with E-state index in [0.717, 1.165) is 51.4 Å². The van der Waals surface area contributed by atoms with Crippen molar-refractivity contribution in [2.24, 2.45) is 11.8 Å². The number of carboxylic acids is 2. The fraction of sp³-hybridized carbons (Fsp3) is 0.944. The Balaban J connectivity index is 0. The third-order valence-corrected chi connectivity index (χ3v) is 8.47. The smallest absolute Gasteiger partial charge is 0.303 e. The highest BCUT2D eigenvalue weighted by atomic mass is 16.4. The van der Waals surface area contributed by atoms with E-state index in [9.17, 15) is 9.59 Å². The number of hydrogen-bond donors (Lipinski definition) is 4. The molecule has 252 valence electrons. The predicted molar refractivity (Wildman–Crippen MR) is 177 cm³/mol. The van der Waals surface area contributed by atoms with Gasteiger partial charge in [0, 0.05) is 26.1 Å². The second kappa shape index (κ2) is 36.1. The molecule has 0 aromatic carbocycles. The quantitative estimate of drug-likeness (QED) is 0.0734. The maximum absolute atomic E-state index is 10.3. The zero-order valence-corrected chi connectivity index (χ0v) is 28.0. The van der Waals surface area contributed by atoms with E-state index in [2.05, 4.69) is 13.8 Å². The van der Waals surface area contributed by atoms with Crippen LogP contribution in [0.1, 0.15) is 194 Å². The van der Waals surface area contributed by atoms with E-state index >= 15 is 0 Å². The summed E-state index contributed by atoms with van der Waals surface area (Å²) in [5.41, 5.74) is 0. The second-order valence-electron chi connectivity index (χ2n) is 12.6. The average molecular weight is 601 g/mol. The Morgan fingerprint density at radius 1 is 0.429 bits per heavy atom. The SMILES string of the molecule is CCCCCCCCCCCCCC(=O)O.CCCCCCCCCCCCCC(=O)O.OCC1CCC(CO)CC1. The highest BCUT2D eigenvalue weighted by Gasteiger charge is 2.19. The van der Waals surface area contributed by atoms with E-state index < -0.39 is 11.9 Å². The molecule has 4 N–H and O–H groups in total. The molecule has 42 heavy (non-hydrogen) atoms. The van der Waals surface area contributed by atoms with E-state index in [-0.39, 0.29) is 0 Å². The standard InChI is InChI=1S/2C14H28O2.C8H16O2/c2*1-2-3-4-5-6-7-8-9-10-11-12-13-14(15)16;9-5-7-1-2-8(6-10)4-3-7/h2*2-13H2,1H3,(H,15,16);7-10H,1-6H2. The summed E-state index contributed by atoms with van der Waals surface area (Å²) in [5, 5.41) is 34.5. The van der Waals surface area contributed by atoms with Gasteiger partial charge in [-0.15, -0.1) is 0 Å². The Morgan fingerprint density at radius 3 is 0.833 bits per heavy atom. The Kier molecular flexibility index (Phi) is 36.9. The third-order valence-electron chi connectivity index (χ3n) is 8.47. The molecule has 1 aliphatic carbocycles. The van der Waals surface area contributed by atoms with E-state index in [4.69, 9.17) is 20.4 Å². The number of rotatable bonds is 26. The molecular formula is C36H72O6. The number of carbonyl (C=O) groups is 2. The Hall–Kier alpha value is -1.14. The zero-order chi connectivity index (χ0) is 31.5. The molecule has 0 amide bonds. The first-order valence-corrected chi connectivity index (χ1v) is 18.1. The lowest BCUT2D eigenvalue weighted by Gasteiger charge is -2.25. The normalized spacial score (nSPS) is 16.2. The van der Waals surface area contributed by atoms with Gasteiger partial charge in [-0.25, -0.2) is 0 Å². The number of unbranched alkanes of at least 4 members (excludes halogenated alkanes) is 20.